The van der Waals surface area contributed by atoms with Crippen molar-refractivity contribution in [1.82, 2.24) is 19.9 Å². The van der Waals surface area contributed by atoms with Crippen LogP contribution in [0.4, 0.5) is 4.79 Å². The van der Waals surface area contributed by atoms with E-state index in [2.05, 4.69) is 51.7 Å². The maximum Gasteiger partial charge on any atom is 0.507 e. The molecule has 1 N–H and O–H groups in total. The molecule has 0 bridgehead atoms. The molecule has 8 nitrogen and oxygen atoms in total. The standard InChI is InChI=1S/C27H31BrN4O4S/c1-16(2)13-27(36-25(34)35)14-18(21-15-29-8-9-30-21)22(23-31-10-11-37-23)32(27)24(33)17-6-7-19(20(28)12-17)26(3,4)5/h6-12,15-16,18,22H,13-14H2,1-5H3,(H,34,35)/t18-,22-,27+/m1/s1. The Kier molecular flexibility index (Phi) is 7.71. The zero-order valence-corrected chi connectivity index (χ0v) is 23.9. The molecule has 1 saturated heterocycles. The monoisotopic (exact) mass is 586 g/mol. The predicted octanol–water partition coefficient (Wildman–Crippen LogP) is 6.80. The normalized spacial score (nSPS) is 21.9. The van der Waals surface area contributed by atoms with Gasteiger partial charge in [0.1, 0.15) is 5.01 Å². The number of thiazole rings is 1. The number of nitrogens with zero attached hydrogens (tertiary/aromatic N) is 4. The maximum atomic E-state index is 14.4. The molecule has 10 heteroatoms. The van der Waals surface area contributed by atoms with Crippen molar-refractivity contribution in [3.63, 3.8) is 0 Å². The fourth-order valence-electron chi connectivity index (χ4n) is 5.24. The Morgan fingerprint density at radius 2 is 2.00 bits per heavy atom. The van der Waals surface area contributed by atoms with Crippen molar-refractivity contribution in [3.05, 3.63) is 74.7 Å². The third-order valence-electron chi connectivity index (χ3n) is 6.55. The molecule has 3 heterocycles. The van der Waals surface area contributed by atoms with Crippen LogP contribution in [0, 0.1) is 5.92 Å². The number of carbonyl (C=O) groups excluding carboxylic acids is 1. The molecule has 0 radical (unpaired) electrons. The number of amides is 1. The molecule has 2 aromatic heterocycles. The summed E-state index contributed by atoms with van der Waals surface area (Å²) in [6, 6.07) is 4.96. The van der Waals surface area contributed by atoms with Gasteiger partial charge in [0, 0.05) is 59.0 Å². The van der Waals surface area contributed by atoms with Gasteiger partial charge in [0.2, 0.25) is 0 Å². The Morgan fingerprint density at radius 1 is 1.24 bits per heavy atom. The molecule has 0 saturated carbocycles. The maximum absolute atomic E-state index is 14.4. The number of likely N-dealkylation sites (tertiary alicyclic amines) is 1. The van der Waals surface area contributed by atoms with Gasteiger partial charge < -0.3 is 9.84 Å². The van der Waals surface area contributed by atoms with Gasteiger partial charge in [0.05, 0.1) is 11.7 Å². The molecule has 0 aliphatic carbocycles. The van der Waals surface area contributed by atoms with E-state index in [0.29, 0.717) is 22.7 Å². The highest BCUT2D eigenvalue weighted by molar-refractivity contribution is 9.10. The topological polar surface area (TPSA) is 106 Å². The SMILES string of the molecule is CC(C)C[C@]1(OC(=O)O)C[C@H](c2cnccn2)[C@H](c2nccs2)N1C(=O)c1ccc(C(C)(C)C)c(Br)c1. The Hall–Kier alpha value is -2.85. The lowest BCUT2D eigenvalue weighted by Gasteiger charge is -2.40. The summed E-state index contributed by atoms with van der Waals surface area (Å²) in [5, 5.41) is 12.4. The number of carbonyl (C=O) groups is 2. The highest BCUT2D eigenvalue weighted by atomic mass is 79.9. The molecule has 3 atom stereocenters. The van der Waals surface area contributed by atoms with Crippen LogP contribution in [0.2, 0.25) is 0 Å². The van der Waals surface area contributed by atoms with Crippen molar-refractivity contribution in [2.24, 2.45) is 5.92 Å². The van der Waals surface area contributed by atoms with Gasteiger partial charge in [0.25, 0.3) is 5.91 Å². The van der Waals surface area contributed by atoms with E-state index in [1.807, 2.05) is 25.3 Å². The van der Waals surface area contributed by atoms with Gasteiger partial charge in [-0.2, -0.15) is 0 Å². The van der Waals surface area contributed by atoms with Gasteiger partial charge in [-0.05, 0) is 29.0 Å². The number of ether oxygens (including phenoxy) is 1. The summed E-state index contributed by atoms with van der Waals surface area (Å²) in [5.41, 5.74) is 0.620. The zero-order chi connectivity index (χ0) is 27.0. The van der Waals surface area contributed by atoms with Crippen molar-refractivity contribution in [2.45, 2.75) is 70.6 Å². The van der Waals surface area contributed by atoms with Gasteiger partial charge in [-0.1, -0.05) is 56.6 Å². The van der Waals surface area contributed by atoms with E-state index in [9.17, 15) is 14.7 Å². The molecule has 0 unspecified atom stereocenters. The molecule has 0 spiro atoms. The number of hydrogen-bond acceptors (Lipinski definition) is 7. The Labute approximate surface area is 229 Å². The summed E-state index contributed by atoms with van der Waals surface area (Å²) in [7, 11) is 0. The number of carboxylic acid groups (broad SMARTS) is 1. The van der Waals surface area contributed by atoms with Crippen LogP contribution in [-0.4, -0.2) is 42.7 Å². The molecule has 3 aromatic rings. The predicted molar refractivity (Wildman–Crippen MR) is 145 cm³/mol. The highest BCUT2D eigenvalue weighted by Crippen LogP contribution is 2.54. The summed E-state index contributed by atoms with van der Waals surface area (Å²) in [5.74, 6) is -0.643. The smallest absolute Gasteiger partial charge is 0.450 e. The van der Waals surface area contributed by atoms with E-state index >= 15 is 0 Å². The molecule has 196 valence electrons. The Balaban J connectivity index is 1.92. The first-order valence-electron chi connectivity index (χ1n) is 12.1. The summed E-state index contributed by atoms with van der Waals surface area (Å²) in [4.78, 5) is 41.4. The van der Waals surface area contributed by atoms with Crippen molar-refractivity contribution in [3.8, 4) is 0 Å². The number of benzene rings is 1. The molecule has 4 rings (SSSR count). The largest absolute Gasteiger partial charge is 0.507 e. The summed E-state index contributed by atoms with van der Waals surface area (Å²) in [6.07, 6.45) is 5.67. The van der Waals surface area contributed by atoms with Gasteiger partial charge in [-0.15, -0.1) is 11.3 Å². The molecule has 1 amide bonds. The first kappa shape index (κ1) is 27.2. The van der Waals surface area contributed by atoms with E-state index < -0.39 is 17.9 Å². The molecule has 1 aromatic carbocycles. The lowest BCUT2D eigenvalue weighted by molar-refractivity contribution is -0.108. The van der Waals surface area contributed by atoms with E-state index in [-0.39, 0.29) is 29.6 Å². The number of rotatable bonds is 6. The molecule has 1 aliphatic rings. The van der Waals surface area contributed by atoms with Crippen LogP contribution >= 0.6 is 27.3 Å². The summed E-state index contributed by atoms with van der Waals surface area (Å²) in [6.45, 7) is 10.3. The minimum Gasteiger partial charge on any atom is -0.450 e. The van der Waals surface area contributed by atoms with Crippen LogP contribution in [0.5, 0.6) is 0 Å². The second kappa shape index (κ2) is 10.5. The van der Waals surface area contributed by atoms with Gasteiger partial charge >= 0.3 is 6.16 Å². The third-order valence-corrected chi connectivity index (χ3v) is 8.05. The Bertz CT molecular complexity index is 1260. The fraction of sp³-hybridized carbons (Fsp3) is 0.444. The zero-order valence-electron chi connectivity index (χ0n) is 21.5. The molecule has 1 aliphatic heterocycles. The molecule has 37 heavy (non-hydrogen) atoms. The Morgan fingerprint density at radius 3 is 2.54 bits per heavy atom. The number of hydrogen-bond donors (Lipinski definition) is 1. The van der Waals surface area contributed by atoms with Crippen LogP contribution in [0.1, 0.15) is 86.0 Å². The van der Waals surface area contributed by atoms with Crippen molar-refractivity contribution in [1.29, 1.82) is 0 Å². The lowest BCUT2D eigenvalue weighted by Crippen LogP contribution is -2.52. The minimum atomic E-state index is -1.43. The fourth-order valence-corrected chi connectivity index (χ4v) is 7.01. The van der Waals surface area contributed by atoms with E-state index in [1.54, 1.807) is 41.8 Å². The molecular weight excluding hydrogens is 556 g/mol. The van der Waals surface area contributed by atoms with Crippen LogP contribution in [0.25, 0.3) is 0 Å². The number of aromatic nitrogens is 3. The molecule has 1 fully saturated rings. The second-order valence-corrected chi connectivity index (χ2v) is 12.6. The summed E-state index contributed by atoms with van der Waals surface area (Å²) >= 11 is 5.06. The van der Waals surface area contributed by atoms with E-state index in [4.69, 9.17) is 4.74 Å². The van der Waals surface area contributed by atoms with Gasteiger partial charge in [0.15, 0.2) is 5.72 Å². The quantitative estimate of drug-likeness (QED) is 0.316. The average molecular weight is 588 g/mol. The van der Waals surface area contributed by atoms with Gasteiger partial charge in [-0.25, -0.2) is 9.78 Å². The number of halogens is 1. The summed E-state index contributed by atoms with van der Waals surface area (Å²) < 4.78 is 6.51. The lowest BCUT2D eigenvalue weighted by atomic mass is 9.86. The van der Waals surface area contributed by atoms with Crippen LogP contribution in [0.15, 0.2) is 52.8 Å². The van der Waals surface area contributed by atoms with Crippen molar-refractivity contribution in [2.75, 3.05) is 0 Å². The second-order valence-electron chi connectivity index (χ2n) is 10.8. The average Bonchev–Trinajstić information content (AvgIpc) is 3.44. The highest BCUT2D eigenvalue weighted by Gasteiger charge is 2.59. The van der Waals surface area contributed by atoms with Crippen LogP contribution < -0.4 is 0 Å². The minimum absolute atomic E-state index is 0.0437. The van der Waals surface area contributed by atoms with Crippen LogP contribution in [-0.2, 0) is 10.2 Å². The van der Waals surface area contributed by atoms with Gasteiger partial charge in [-0.3, -0.25) is 19.7 Å². The first-order valence-corrected chi connectivity index (χ1v) is 13.8. The van der Waals surface area contributed by atoms with E-state index in [1.165, 1.54) is 11.3 Å². The molecular formula is C27H31BrN4O4S. The van der Waals surface area contributed by atoms with Crippen molar-refractivity contribution < 1.29 is 19.4 Å². The first-order chi connectivity index (χ1) is 17.4. The third kappa shape index (κ3) is 5.55. The van der Waals surface area contributed by atoms with Crippen LogP contribution in [0.3, 0.4) is 0 Å². The van der Waals surface area contributed by atoms with Crippen molar-refractivity contribution >= 4 is 39.3 Å². The van der Waals surface area contributed by atoms with E-state index in [0.717, 1.165) is 10.0 Å².